The molecule has 1 heterocycles. The first kappa shape index (κ1) is 10.8. The summed E-state index contributed by atoms with van der Waals surface area (Å²) < 4.78 is 35.8. The Bertz CT molecular complexity index is 271. The molecule has 1 rings (SSSR count). The van der Waals surface area contributed by atoms with Crippen molar-refractivity contribution < 1.29 is 13.2 Å². The van der Waals surface area contributed by atoms with Crippen LogP contribution in [-0.4, -0.2) is 17.2 Å². The van der Waals surface area contributed by atoms with E-state index in [1.807, 2.05) is 0 Å². The van der Waals surface area contributed by atoms with Gasteiger partial charge in [-0.1, -0.05) is 6.07 Å². The molecular formula is C9H11F3N2. The first-order chi connectivity index (χ1) is 6.47. The maximum absolute atomic E-state index is 11.9. The van der Waals surface area contributed by atoms with Crippen molar-refractivity contribution in [3.63, 3.8) is 0 Å². The second-order valence-electron chi connectivity index (χ2n) is 3.08. The highest BCUT2D eigenvalue weighted by Crippen LogP contribution is 2.22. The molecule has 14 heavy (non-hydrogen) atoms. The fourth-order valence-electron chi connectivity index (χ4n) is 1.10. The molecule has 0 aromatic carbocycles. The molecule has 0 aliphatic heterocycles. The molecule has 0 amide bonds. The van der Waals surface area contributed by atoms with E-state index in [1.165, 1.54) is 13.1 Å². The highest BCUT2D eigenvalue weighted by Gasteiger charge is 2.29. The van der Waals surface area contributed by atoms with Crippen LogP contribution in [0.15, 0.2) is 24.4 Å². The zero-order chi connectivity index (χ0) is 10.6. The van der Waals surface area contributed by atoms with Gasteiger partial charge in [-0.3, -0.25) is 0 Å². The lowest BCUT2D eigenvalue weighted by Crippen LogP contribution is -2.24. The van der Waals surface area contributed by atoms with Crippen LogP contribution >= 0.6 is 0 Å². The van der Waals surface area contributed by atoms with Crippen molar-refractivity contribution in [1.29, 1.82) is 0 Å². The van der Waals surface area contributed by atoms with E-state index in [2.05, 4.69) is 10.3 Å². The molecule has 0 saturated carbocycles. The number of alkyl halides is 3. The Balaban J connectivity index is 2.46. The van der Waals surface area contributed by atoms with Crippen LogP contribution in [0.25, 0.3) is 0 Å². The molecule has 0 fully saturated rings. The highest BCUT2D eigenvalue weighted by molar-refractivity contribution is 5.34. The quantitative estimate of drug-likeness (QED) is 0.818. The van der Waals surface area contributed by atoms with Gasteiger partial charge in [-0.15, -0.1) is 0 Å². The number of rotatable bonds is 3. The topological polar surface area (TPSA) is 24.9 Å². The van der Waals surface area contributed by atoms with Crippen LogP contribution < -0.4 is 5.32 Å². The summed E-state index contributed by atoms with van der Waals surface area (Å²) in [5.41, 5.74) is 0. The minimum Gasteiger partial charge on any atom is -0.367 e. The molecule has 0 aliphatic rings. The van der Waals surface area contributed by atoms with E-state index in [9.17, 15) is 13.2 Å². The number of nitrogens with one attached hydrogen (secondary N) is 1. The van der Waals surface area contributed by atoms with E-state index in [0.717, 1.165) is 0 Å². The molecule has 78 valence electrons. The summed E-state index contributed by atoms with van der Waals surface area (Å²) >= 11 is 0. The summed E-state index contributed by atoms with van der Waals surface area (Å²) in [5, 5.41) is 2.67. The molecule has 1 aromatic heterocycles. The Hall–Kier alpha value is -1.26. The van der Waals surface area contributed by atoms with Gasteiger partial charge < -0.3 is 5.32 Å². The first-order valence-electron chi connectivity index (χ1n) is 4.22. The number of halogens is 3. The predicted octanol–water partition coefficient (Wildman–Crippen LogP) is 2.83. The third kappa shape index (κ3) is 4.11. The summed E-state index contributed by atoms with van der Waals surface area (Å²) in [6, 6.07) is 4.40. The van der Waals surface area contributed by atoms with E-state index in [1.54, 1.807) is 18.2 Å². The third-order valence-corrected chi connectivity index (χ3v) is 1.60. The van der Waals surface area contributed by atoms with Crippen LogP contribution in [0.4, 0.5) is 19.0 Å². The Morgan fingerprint density at radius 2 is 2.14 bits per heavy atom. The summed E-state index contributed by atoms with van der Waals surface area (Å²) in [5.74, 6) is 0.462. The number of pyridine rings is 1. The fourth-order valence-corrected chi connectivity index (χ4v) is 1.10. The molecule has 1 aromatic rings. The normalized spacial score (nSPS) is 13.7. The fraction of sp³-hybridized carbons (Fsp3) is 0.444. The van der Waals surface area contributed by atoms with Gasteiger partial charge in [-0.2, -0.15) is 13.2 Å². The zero-order valence-electron chi connectivity index (χ0n) is 7.67. The van der Waals surface area contributed by atoms with Crippen LogP contribution in [0.3, 0.4) is 0 Å². The largest absolute Gasteiger partial charge is 0.391 e. The molecule has 1 unspecified atom stereocenters. The monoisotopic (exact) mass is 204 g/mol. The minimum absolute atomic E-state index is 0.462. The van der Waals surface area contributed by atoms with Gasteiger partial charge in [0.15, 0.2) is 0 Å². The van der Waals surface area contributed by atoms with Crippen LogP contribution in [0.1, 0.15) is 13.3 Å². The lowest BCUT2D eigenvalue weighted by molar-refractivity contribution is -0.136. The highest BCUT2D eigenvalue weighted by atomic mass is 19.4. The van der Waals surface area contributed by atoms with Gasteiger partial charge in [-0.05, 0) is 19.1 Å². The SMILES string of the molecule is CC(CC(F)(F)F)Nc1ccccn1. The second-order valence-corrected chi connectivity index (χ2v) is 3.08. The summed E-state index contributed by atoms with van der Waals surface area (Å²) in [6.07, 6.45) is -3.46. The van der Waals surface area contributed by atoms with Crippen molar-refractivity contribution in [2.75, 3.05) is 5.32 Å². The lowest BCUT2D eigenvalue weighted by Gasteiger charge is -2.15. The number of aromatic nitrogens is 1. The molecule has 0 bridgehead atoms. The van der Waals surface area contributed by atoms with Crippen molar-refractivity contribution in [2.45, 2.75) is 25.6 Å². The van der Waals surface area contributed by atoms with Crippen LogP contribution in [0.2, 0.25) is 0 Å². The summed E-state index contributed by atoms with van der Waals surface area (Å²) in [4.78, 5) is 3.87. The van der Waals surface area contributed by atoms with Crippen LogP contribution in [-0.2, 0) is 0 Å². The number of nitrogens with zero attached hydrogens (tertiary/aromatic N) is 1. The van der Waals surface area contributed by atoms with E-state index in [-0.39, 0.29) is 0 Å². The number of hydrogen-bond donors (Lipinski definition) is 1. The van der Waals surface area contributed by atoms with Crippen molar-refractivity contribution in [2.24, 2.45) is 0 Å². The van der Waals surface area contributed by atoms with Gasteiger partial charge in [0.1, 0.15) is 5.82 Å². The molecule has 1 atom stereocenters. The minimum atomic E-state index is -4.14. The number of hydrogen-bond acceptors (Lipinski definition) is 2. The summed E-state index contributed by atoms with van der Waals surface area (Å²) in [6.45, 7) is 1.47. The Morgan fingerprint density at radius 3 is 2.64 bits per heavy atom. The predicted molar refractivity (Wildman–Crippen MR) is 48.0 cm³/mol. The summed E-state index contributed by atoms with van der Waals surface area (Å²) in [7, 11) is 0. The van der Waals surface area contributed by atoms with Crippen molar-refractivity contribution in [3.8, 4) is 0 Å². The van der Waals surface area contributed by atoms with Crippen molar-refractivity contribution in [1.82, 2.24) is 4.98 Å². The van der Waals surface area contributed by atoms with Crippen molar-refractivity contribution >= 4 is 5.82 Å². The molecular weight excluding hydrogens is 193 g/mol. The molecule has 1 N–H and O–H groups in total. The van der Waals surface area contributed by atoms with E-state index >= 15 is 0 Å². The van der Waals surface area contributed by atoms with Gasteiger partial charge in [-0.25, -0.2) is 4.98 Å². The van der Waals surface area contributed by atoms with Gasteiger partial charge in [0.25, 0.3) is 0 Å². The second kappa shape index (κ2) is 4.30. The van der Waals surface area contributed by atoms with Gasteiger partial charge >= 0.3 is 6.18 Å². The molecule has 5 heteroatoms. The Kier molecular flexibility index (Phi) is 3.33. The van der Waals surface area contributed by atoms with E-state index in [0.29, 0.717) is 5.82 Å². The van der Waals surface area contributed by atoms with Crippen LogP contribution in [0, 0.1) is 0 Å². The maximum Gasteiger partial charge on any atom is 0.391 e. The van der Waals surface area contributed by atoms with E-state index < -0.39 is 18.6 Å². The van der Waals surface area contributed by atoms with Crippen molar-refractivity contribution in [3.05, 3.63) is 24.4 Å². The lowest BCUT2D eigenvalue weighted by atomic mass is 10.2. The standard InChI is InChI=1S/C9H11F3N2/c1-7(6-9(10,11)12)14-8-4-2-3-5-13-8/h2-5,7H,6H2,1H3,(H,13,14). The zero-order valence-corrected chi connectivity index (χ0v) is 7.67. The molecule has 0 radical (unpaired) electrons. The average molecular weight is 204 g/mol. The van der Waals surface area contributed by atoms with Crippen LogP contribution in [0.5, 0.6) is 0 Å². The smallest absolute Gasteiger partial charge is 0.367 e. The van der Waals surface area contributed by atoms with Gasteiger partial charge in [0.2, 0.25) is 0 Å². The molecule has 0 saturated heterocycles. The maximum atomic E-state index is 11.9. The van der Waals surface area contributed by atoms with Gasteiger partial charge in [0.05, 0.1) is 6.42 Å². The first-order valence-corrected chi connectivity index (χ1v) is 4.22. The number of anilines is 1. The Morgan fingerprint density at radius 1 is 1.43 bits per heavy atom. The molecule has 0 spiro atoms. The average Bonchev–Trinajstić information content (AvgIpc) is 2.02. The third-order valence-electron chi connectivity index (χ3n) is 1.60. The Labute approximate surface area is 80.2 Å². The molecule has 0 aliphatic carbocycles. The van der Waals surface area contributed by atoms with Gasteiger partial charge in [0, 0.05) is 12.2 Å². The molecule has 2 nitrogen and oxygen atoms in total. The van der Waals surface area contributed by atoms with E-state index in [4.69, 9.17) is 0 Å².